The Morgan fingerprint density at radius 3 is 2.70 bits per heavy atom. The van der Waals surface area contributed by atoms with E-state index in [9.17, 15) is 23.9 Å². The average molecular weight is 542 g/mol. The fourth-order valence-electron chi connectivity index (χ4n) is 7.84. The first-order chi connectivity index (χ1) is 18.6. The number of aliphatic hydroxyl groups excluding tert-OH is 1. The van der Waals surface area contributed by atoms with E-state index in [1.54, 1.807) is 6.92 Å². The van der Waals surface area contributed by atoms with Crippen LogP contribution in [0.5, 0.6) is 0 Å². The maximum Gasteiger partial charge on any atom is 0.375 e. The average Bonchev–Trinajstić information content (AvgIpc) is 3.27. The van der Waals surface area contributed by atoms with E-state index in [1.165, 1.54) is 19.9 Å². The van der Waals surface area contributed by atoms with Crippen LogP contribution >= 0.6 is 11.8 Å². The highest BCUT2D eigenvalue weighted by atomic mass is 32.2. The molecule has 0 bridgehead atoms. The molecule has 9 atom stereocenters. The summed E-state index contributed by atoms with van der Waals surface area (Å²) in [6.07, 6.45) is -1.51. The third-order valence-electron chi connectivity index (χ3n) is 9.48. The number of carbonyl (C=O) groups is 3. The quantitative estimate of drug-likeness (QED) is 0.541. The number of ketones is 1. The number of halogens is 3. The van der Waals surface area contributed by atoms with Crippen LogP contribution in [0.3, 0.4) is 0 Å². The predicted molar refractivity (Wildman–Crippen MR) is 129 cm³/mol. The molecule has 4 aliphatic carbocycles. The van der Waals surface area contributed by atoms with Crippen LogP contribution in [0.15, 0.2) is 46.5 Å². The number of thioether (sulfide) groups is 1. The van der Waals surface area contributed by atoms with Crippen molar-refractivity contribution < 1.29 is 45.9 Å². The summed E-state index contributed by atoms with van der Waals surface area (Å²) in [5.41, 5.74) is -7.80. The van der Waals surface area contributed by atoms with Crippen molar-refractivity contribution in [3.8, 4) is 0 Å². The molecule has 6 nitrogen and oxygen atoms in total. The summed E-state index contributed by atoms with van der Waals surface area (Å²) in [5.74, 6) is -5.45. The molecule has 1 heterocycles. The van der Waals surface area contributed by atoms with Crippen molar-refractivity contribution in [3.05, 3.63) is 47.9 Å². The number of fused-ring (bicyclic) bond motifs is 5. The second-order valence-corrected chi connectivity index (χ2v) is 11.8. The van der Waals surface area contributed by atoms with Crippen LogP contribution in [0.2, 0.25) is 0 Å². The lowest BCUT2D eigenvalue weighted by molar-refractivity contribution is -0.221. The second-order valence-electron chi connectivity index (χ2n) is 10.9. The Kier molecular flexibility index (Phi) is 5.26. The van der Waals surface area contributed by atoms with Gasteiger partial charge in [0.05, 0.1) is 15.1 Å². The predicted octanol–water partition coefficient (Wildman–Crippen LogP) is 4.93. The molecule has 0 spiro atoms. The summed E-state index contributed by atoms with van der Waals surface area (Å²) in [6, 6.07) is -2.56. The number of rotatable bonds is 4. The summed E-state index contributed by atoms with van der Waals surface area (Å²) in [5, 5.41) is 10.6. The van der Waals surface area contributed by atoms with E-state index in [2.05, 4.69) is 0 Å². The smallest absolute Gasteiger partial charge is 0.375 e. The lowest BCUT2D eigenvalue weighted by Gasteiger charge is -2.63. The van der Waals surface area contributed by atoms with E-state index in [1.807, 2.05) is 0 Å². The first-order valence-corrected chi connectivity index (χ1v) is 13.1. The molecule has 0 aliphatic heterocycles. The van der Waals surface area contributed by atoms with Crippen molar-refractivity contribution in [3.63, 3.8) is 0 Å². The fourth-order valence-corrected chi connectivity index (χ4v) is 8.63. The molecular weight excluding hydrogens is 509 g/mol. The molecular formula is C27H29F3O6S. The van der Waals surface area contributed by atoms with Crippen LogP contribution in [-0.4, -0.2) is 51.5 Å². The Balaban J connectivity index is 1.64. The highest BCUT2D eigenvalue weighted by molar-refractivity contribution is 8.13. The van der Waals surface area contributed by atoms with Gasteiger partial charge in [0.2, 0.25) is 10.9 Å². The monoisotopic (exact) mass is 541 g/mol. The topological polar surface area (TPSA) is 93.8 Å². The van der Waals surface area contributed by atoms with Crippen molar-refractivity contribution in [1.82, 2.24) is 0 Å². The van der Waals surface area contributed by atoms with Gasteiger partial charge in [-0.05, 0) is 73.7 Å². The molecule has 5 rings (SSSR count). The highest BCUT2D eigenvalue weighted by Crippen LogP contribution is 2.72. The number of esters is 1. The number of furan rings is 1. The highest BCUT2D eigenvalue weighted by Gasteiger charge is 2.78. The van der Waals surface area contributed by atoms with Gasteiger partial charge >= 0.3 is 5.97 Å². The Hall–Kier alpha value is -2.33. The molecule has 3 fully saturated rings. The van der Waals surface area contributed by atoms with E-state index in [0.29, 0.717) is 0 Å². The number of hydrogen-bond acceptors (Lipinski definition) is 7. The van der Waals surface area contributed by atoms with Gasteiger partial charge in [0.15, 0.2) is 17.1 Å². The largest absolute Gasteiger partial charge is 0.457 e. The van der Waals surface area contributed by atoms with Crippen LogP contribution in [0, 0.1) is 28.6 Å². The molecule has 3 saturated carbocycles. The molecule has 1 aromatic rings. The third kappa shape index (κ3) is 3.27. The van der Waals surface area contributed by atoms with Gasteiger partial charge in [0.25, 0.3) is 0 Å². The van der Waals surface area contributed by atoms with Crippen LogP contribution in [0.25, 0.3) is 0 Å². The molecule has 0 amide bonds. The molecule has 200 valence electrons. The zero-order valence-electron chi connectivity index (χ0n) is 23.5. The summed E-state index contributed by atoms with van der Waals surface area (Å²) in [4.78, 5) is 39.0. The van der Waals surface area contributed by atoms with Crippen molar-refractivity contribution >= 4 is 28.6 Å². The van der Waals surface area contributed by atoms with E-state index < -0.39 is 112 Å². The van der Waals surface area contributed by atoms with E-state index in [-0.39, 0.29) is 23.8 Å². The molecule has 10 heteroatoms. The number of hydrogen-bond donors (Lipinski definition) is 1. The number of alkyl halides is 3. The molecule has 0 radical (unpaired) electrons. The van der Waals surface area contributed by atoms with Crippen LogP contribution in [-0.2, 0) is 14.3 Å². The number of aliphatic hydroxyl groups is 1. The maximum atomic E-state index is 17.4. The standard InChI is InChI=1S/C27H29F3O6S/c1-14-9-16-17-11-19(29)18-10-15(31)6-7-24(18,2)26(17,30)21(32)12-25(16,3)27(14,23(34)37-13-28)36-22(33)20-5-4-8-35-20/h4-8,10,14,16-17,19,21,32H,9,11-13H2,1-3H3/t14-,16+,17+,19+,21+,24+,25+,26+,27+/m1/s1/i4D,5D,8D. The second kappa shape index (κ2) is 8.59. The van der Waals surface area contributed by atoms with Crippen molar-refractivity contribution in [2.75, 3.05) is 6.01 Å². The lowest BCUT2D eigenvalue weighted by Crippen LogP contribution is -2.70. The molecule has 0 aromatic carbocycles. The van der Waals surface area contributed by atoms with Crippen LogP contribution in [0.4, 0.5) is 13.2 Å². The summed E-state index contributed by atoms with van der Waals surface area (Å²) < 4.78 is 80.7. The van der Waals surface area contributed by atoms with Gasteiger partial charge in [0.1, 0.15) is 13.5 Å². The Labute approximate surface area is 220 Å². The Bertz CT molecular complexity index is 1370. The van der Waals surface area contributed by atoms with Gasteiger partial charge in [-0.25, -0.2) is 18.0 Å². The minimum Gasteiger partial charge on any atom is -0.457 e. The van der Waals surface area contributed by atoms with Gasteiger partial charge in [-0.3, -0.25) is 9.59 Å². The lowest BCUT2D eigenvalue weighted by atomic mass is 9.44. The molecule has 1 aromatic heterocycles. The van der Waals surface area contributed by atoms with Crippen molar-refractivity contribution in [1.29, 1.82) is 0 Å². The molecule has 1 N–H and O–H groups in total. The number of carbonyl (C=O) groups excluding carboxylic acids is 3. The first kappa shape index (κ1) is 22.6. The van der Waals surface area contributed by atoms with E-state index in [4.69, 9.17) is 13.3 Å². The van der Waals surface area contributed by atoms with Gasteiger partial charge < -0.3 is 14.3 Å². The number of ether oxygens (including phenoxy) is 1. The van der Waals surface area contributed by atoms with E-state index >= 15 is 8.78 Å². The van der Waals surface area contributed by atoms with Gasteiger partial charge in [-0.1, -0.05) is 19.9 Å². The van der Waals surface area contributed by atoms with Gasteiger partial charge in [-0.2, -0.15) is 0 Å². The van der Waals surface area contributed by atoms with E-state index in [0.717, 1.165) is 12.2 Å². The summed E-state index contributed by atoms with van der Waals surface area (Å²) in [7, 11) is 0. The van der Waals surface area contributed by atoms with Gasteiger partial charge in [0, 0.05) is 22.7 Å². The first-order valence-electron chi connectivity index (χ1n) is 13.6. The van der Waals surface area contributed by atoms with Gasteiger partial charge in [-0.15, -0.1) is 0 Å². The van der Waals surface area contributed by atoms with Crippen LogP contribution < -0.4 is 0 Å². The molecule has 0 unspecified atom stereocenters. The fraction of sp³-hybridized carbons (Fsp3) is 0.593. The maximum absolute atomic E-state index is 17.4. The van der Waals surface area contributed by atoms with Crippen molar-refractivity contribution in [2.24, 2.45) is 28.6 Å². The molecule has 4 aliphatic rings. The zero-order chi connectivity index (χ0) is 29.6. The summed E-state index contributed by atoms with van der Waals surface area (Å²) in [6.45, 7) is 4.54. The number of allylic oxidation sites excluding steroid dienone is 4. The third-order valence-corrected chi connectivity index (χ3v) is 10.2. The minimum atomic E-state index is -2.44. The zero-order valence-corrected chi connectivity index (χ0v) is 21.3. The SMILES string of the molecule is [2H]c1oc(C(=O)O[C@]2(C(=O)SCF)[C@H](C)C[C@H]3[C@@H]4C[C@H](F)C5=CC(=O)C=C[C@]5(C)[C@@]4(F)[C@@H](O)C[C@@]32C)c([2H])c1[2H]. The molecule has 37 heavy (non-hydrogen) atoms. The normalized spacial score (nSPS) is 45.6. The molecule has 0 saturated heterocycles. The Morgan fingerprint density at radius 1 is 1.32 bits per heavy atom. The van der Waals surface area contributed by atoms with Crippen molar-refractivity contribution in [2.45, 2.75) is 63.6 Å². The summed E-state index contributed by atoms with van der Waals surface area (Å²) >= 11 is 0.241. The van der Waals surface area contributed by atoms with Crippen LogP contribution in [0.1, 0.15) is 54.7 Å². The minimum absolute atomic E-state index is 0.0626. The Morgan fingerprint density at radius 2 is 2.05 bits per heavy atom.